The SMILES string of the molecule is CC[C@H](C)C(=O)Nc1cccc(OCc2ccccn2)c1. The summed E-state index contributed by atoms with van der Waals surface area (Å²) in [5.74, 6) is 0.741. The Hall–Kier alpha value is -2.36. The molecule has 2 rings (SSSR count). The monoisotopic (exact) mass is 284 g/mol. The molecule has 0 saturated heterocycles. The number of rotatable bonds is 6. The largest absolute Gasteiger partial charge is 0.487 e. The van der Waals surface area contributed by atoms with Crippen LogP contribution in [0.5, 0.6) is 5.75 Å². The Morgan fingerprint density at radius 3 is 2.86 bits per heavy atom. The number of hydrogen-bond donors (Lipinski definition) is 1. The zero-order valence-corrected chi connectivity index (χ0v) is 12.4. The molecule has 4 nitrogen and oxygen atoms in total. The van der Waals surface area contributed by atoms with Gasteiger partial charge < -0.3 is 10.1 Å². The Kier molecular flexibility index (Phi) is 5.32. The predicted molar refractivity (Wildman–Crippen MR) is 83.1 cm³/mol. The average Bonchev–Trinajstić information content (AvgIpc) is 2.53. The number of amides is 1. The molecule has 1 aromatic heterocycles. The van der Waals surface area contributed by atoms with Gasteiger partial charge in [-0.2, -0.15) is 0 Å². The summed E-state index contributed by atoms with van der Waals surface area (Å²) in [7, 11) is 0. The maximum atomic E-state index is 11.9. The van der Waals surface area contributed by atoms with Crippen molar-refractivity contribution in [1.82, 2.24) is 4.98 Å². The van der Waals surface area contributed by atoms with E-state index in [0.717, 1.165) is 17.8 Å². The van der Waals surface area contributed by atoms with Crippen molar-refractivity contribution in [2.45, 2.75) is 26.9 Å². The lowest BCUT2D eigenvalue weighted by atomic mass is 10.1. The van der Waals surface area contributed by atoms with Gasteiger partial charge in [-0.05, 0) is 30.7 Å². The van der Waals surface area contributed by atoms with Crippen LogP contribution < -0.4 is 10.1 Å². The highest BCUT2D eigenvalue weighted by Gasteiger charge is 2.10. The third-order valence-electron chi connectivity index (χ3n) is 3.27. The molecule has 1 N–H and O–H groups in total. The lowest BCUT2D eigenvalue weighted by Crippen LogP contribution is -2.19. The van der Waals surface area contributed by atoms with Gasteiger partial charge in [-0.25, -0.2) is 0 Å². The molecule has 110 valence electrons. The Bertz CT molecular complexity index is 584. The second-order valence-corrected chi connectivity index (χ2v) is 4.94. The number of nitrogens with one attached hydrogen (secondary N) is 1. The van der Waals surface area contributed by atoms with E-state index < -0.39 is 0 Å². The molecule has 0 unspecified atom stereocenters. The highest BCUT2D eigenvalue weighted by Crippen LogP contribution is 2.19. The summed E-state index contributed by atoms with van der Waals surface area (Å²) in [6, 6.07) is 13.1. The molecule has 0 radical (unpaired) electrons. The molecule has 0 aliphatic carbocycles. The molecule has 0 bridgehead atoms. The fourth-order valence-electron chi connectivity index (χ4n) is 1.76. The Labute approximate surface area is 125 Å². The van der Waals surface area contributed by atoms with Crippen LogP contribution in [-0.4, -0.2) is 10.9 Å². The summed E-state index contributed by atoms with van der Waals surface area (Å²) in [6.07, 6.45) is 2.56. The Morgan fingerprint density at radius 1 is 1.29 bits per heavy atom. The molecule has 2 aromatic rings. The van der Waals surface area contributed by atoms with Crippen LogP contribution in [0.2, 0.25) is 0 Å². The molecule has 1 atom stereocenters. The van der Waals surface area contributed by atoms with Crippen LogP contribution in [0.15, 0.2) is 48.7 Å². The van der Waals surface area contributed by atoms with Gasteiger partial charge in [0.15, 0.2) is 0 Å². The second kappa shape index (κ2) is 7.43. The van der Waals surface area contributed by atoms with Crippen molar-refractivity contribution >= 4 is 11.6 Å². The number of carbonyl (C=O) groups excluding carboxylic acids is 1. The fraction of sp³-hybridized carbons (Fsp3) is 0.294. The molecule has 1 aromatic carbocycles. The molecule has 1 heterocycles. The fourth-order valence-corrected chi connectivity index (χ4v) is 1.76. The van der Waals surface area contributed by atoms with Crippen molar-refractivity contribution in [3.05, 3.63) is 54.4 Å². The van der Waals surface area contributed by atoms with Crippen molar-refractivity contribution < 1.29 is 9.53 Å². The van der Waals surface area contributed by atoms with Crippen LogP contribution in [0.3, 0.4) is 0 Å². The maximum absolute atomic E-state index is 11.9. The molecular formula is C17H20N2O2. The van der Waals surface area contributed by atoms with Crippen molar-refractivity contribution in [2.24, 2.45) is 5.92 Å². The summed E-state index contributed by atoms with van der Waals surface area (Å²) >= 11 is 0. The standard InChI is InChI=1S/C17H20N2O2/c1-3-13(2)17(20)19-14-8-6-9-16(11-14)21-12-15-7-4-5-10-18-15/h4-11,13H,3,12H2,1-2H3,(H,19,20)/t13-/m0/s1. The molecule has 0 spiro atoms. The van der Waals surface area contributed by atoms with Crippen LogP contribution in [0.4, 0.5) is 5.69 Å². The average molecular weight is 284 g/mol. The topological polar surface area (TPSA) is 51.2 Å². The van der Waals surface area contributed by atoms with Gasteiger partial charge in [0.1, 0.15) is 12.4 Å². The van der Waals surface area contributed by atoms with E-state index in [4.69, 9.17) is 4.74 Å². The number of ether oxygens (including phenoxy) is 1. The van der Waals surface area contributed by atoms with Gasteiger partial charge in [0.2, 0.25) is 5.91 Å². The predicted octanol–water partition coefficient (Wildman–Crippen LogP) is 3.65. The number of aromatic nitrogens is 1. The number of pyridine rings is 1. The molecule has 4 heteroatoms. The highest BCUT2D eigenvalue weighted by atomic mass is 16.5. The zero-order valence-electron chi connectivity index (χ0n) is 12.4. The van der Waals surface area contributed by atoms with Crippen LogP contribution in [0.25, 0.3) is 0 Å². The van der Waals surface area contributed by atoms with Crippen LogP contribution in [0.1, 0.15) is 26.0 Å². The van der Waals surface area contributed by atoms with Crippen LogP contribution in [-0.2, 0) is 11.4 Å². The van der Waals surface area contributed by atoms with E-state index in [1.807, 2.05) is 56.3 Å². The van der Waals surface area contributed by atoms with E-state index in [-0.39, 0.29) is 11.8 Å². The molecule has 0 aliphatic rings. The normalized spacial score (nSPS) is 11.7. The Balaban J connectivity index is 1.96. The highest BCUT2D eigenvalue weighted by molar-refractivity contribution is 5.92. The zero-order chi connectivity index (χ0) is 15.1. The summed E-state index contributed by atoms with van der Waals surface area (Å²) in [4.78, 5) is 16.1. The van der Waals surface area contributed by atoms with E-state index in [0.29, 0.717) is 12.4 Å². The third kappa shape index (κ3) is 4.60. The summed E-state index contributed by atoms with van der Waals surface area (Å²) in [6.45, 7) is 4.32. The van der Waals surface area contributed by atoms with Gasteiger partial charge in [0, 0.05) is 23.9 Å². The lowest BCUT2D eigenvalue weighted by Gasteiger charge is -2.11. The first kappa shape index (κ1) is 15.0. The third-order valence-corrected chi connectivity index (χ3v) is 3.27. The van der Waals surface area contributed by atoms with Crippen molar-refractivity contribution in [1.29, 1.82) is 0 Å². The minimum atomic E-state index is 0.00286. The Morgan fingerprint density at radius 2 is 2.14 bits per heavy atom. The molecule has 0 aliphatic heterocycles. The summed E-state index contributed by atoms with van der Waals surface area (Å²) < 4.78 is 5.69. The van der Waals surface area contributed by atoms with E-state index in [1.165, 1.54) is 0 Å². The summed E-state index contributed by atoms with van der Waals surface area (Å²) in [5.41, 5.74) is 1.62. The quantitative estimate of drug-likeness (QED) is 0.881. The number of anilines is 1. The molecule has 0 fully saturated rings. The minimum absolute atomic E-state index is 0.00286. The first-order valence-corrected chi connectivity index (χ1v) is 7.12. The van der Waals surface area contributed by atoms with Crippen molar-refractivity contribution in [3.8, 4) is 5.75 Å². The first-order valence-electron chi connectivity index (χ1n) is 7.12. The van der Waals surface area contributed by atoms with Gasteiger partial charge in [0.25, 0.3) is 0 Å². The van der Waals surface area contributed by atoms with Gasteiger partial charge in [-0.15, -0.1) is 0 Å². The van der Waals surface area contributed by atoms with Crippen LogP contribution in [0, 0.1) is 5.92 Å². The van der Waals surface area contributed by atoms with Crippen molar-refractivity contribution in [3.63, 3.8) is 0 Å². The molecular weight excluding hydrogens is 264 g/mol. The van der Waals surface area contributed by atoms with E-state index >= 15 is 0 Å². The number of carbonyl (C=O) groups is 1. The number of hydrogen-bond acceptors (Lipinski definition) is 3. The number of benzene rings is 1. The minimum Gasteiger partial charge on any atom is -0.487 e. The lowest BCUT2D eigenvalue weighted by molar-refractivity contribution is -0.119. The maximum Gasteiger partial charge on any atom is 0.227 e. The van der Waals surface area contributed by atoms with Gasteiger partial charge in [-0.3, -0.25) is 9.78 Å². The van der Waals surface area contributed by atoms with Gasteiger partial charge >= 0.3 is 0 Å². The number of nitrogens with zero attached hydrogens (tertiary/aromatic N) is 1. The van der Waals surface area contributed by atoms with E-state index in [9.17, 15) is 4.79 Å². The first-order chi connectivity index (χ1) is 10.2. The second-order valence-electron chi connectivity index (χ2n) is 4.94. The van der Waals surface area contributed by atoms with E-state index in [2.05, 4.69) is 10.3 Å². The van der Waals surface area contributed by atoms with Crippen LogP contribution >= 0.6 is 0 Å². The molecule has 0 saturated carbocycles. The summed E-state index contributed by atoms with van der Waals surface area (Å²) in [5, 5.41) is 2.90. The van der Waals surface area contributed by atoms with Gasteiger partial charge in [0.05, 0.1) is 5.69 Å². The smallest absolute Gasteiger partial charge is 0.227 e. The molecule has 21 heavy (non-hydrogen) atoms. The van der Waals surface area contributed by atoms with Gasteiger partial charge in [-0.1, -0.05) is 26.0 Å². The van der Waals surface area contributed by atoms with E-state index in [1.54, 1.807) is 6.20 Å². The van der Waals surface area contributed by atoms with Crippen molar-refractivity contribution in [2.75, 3.05) is 5.32 Å². The molecule has 1 amide bonds.